The molecule has 21 heavy (non-hydrogen) atoms. The van der Waals surface area contributed by atoms with E-state index in [0.29, 0.717) is 11.3 Å². The second-order valence-electron chi connectivity index (χ2n) is 4.22. The van der Waals surface area contributed by atoms with Crippen molar-refractivity contribution in [1.29, 1.82) is 5.26 Å². The standard InChI is InChI=1S/C14H11ClN2O3S/c15-12-5-4-11(8-16)14(7-12)21(19,20)17-13-3-1-2-10(6-13)9-18/h1-7,17-18H,9H2. The normalized spacial score (nSPS) is 10.9. The van der Waals surface area contributed by atoms with Gasteiger partial charge in [-0.25, -0.2) is 8.42 Å². The molecular formula is C14H11ClN2O3S. The van der Waals surface area contributed by atoms with Gasteiger partial charge in [0.2, 0.25) is 0 Å². The smallest absolute Gasteiger partial charge is 0.263 e. The number of nitriles is 1. The highest BCUT2D eigenvalue weighted by atomic mass is 35.5. The first-order valence-corrected chi connectivity index (χ1v) is 7.74. The molecule has 0 fully saturated rings. The maximum atomic E-state index is 12.3. The van der Waals surface area contributed by atoms with Crippen molar-refractivity contribution >= 4 is 27.3 Å². The highest BCUT2D eigenvalue weighted by Crippen LogP contribution is 2.23. The van der Waals surface area contributed by atoms with Crippen LogP contribution in [0.25, 0.3) is 0 Å². The van der Waals surface area contributed by atoms with E-state index in [1.807, 2.05) is 6.07 Å². The van der Waals surface area contributed by atoms with E-state index in [-0.39, 0.29) is 22.1 Å². The number of hydrogen-bond donors (Lipinski definition) is 2. The summed E-state index contributed by atoms with van der Waals surface area (Å²) in [5, 5.41) is 18.3. The minimum Gasteiger partial charge on any atom is -0.392 e. The number of anilines is 1. The minimum atomic E-state index is -3.94. The lowest BCUT2D eigenvalue weighted by Gasteiger charge is -2.10. The molecule has 0 spiro atoms. The van der Waals surface area contributed by atoms with Crippen molar-refractivity contribution < 1.29 is 13.5 Å². The maximum Gasteiger partial charge on any atom is 0.263 e. The SMILES string of the molecule is N#Cc1ccc(Cl)cc1S(=O)(=O)Nc1cccc(CO)c1. The average molecular weight is 323 g/mol. The first-order chi connectivity index (χ1) is 9.96. The fraction of sp³-hybridized carbons (Fsp3) is 0.0714. The van der Waals surface area contributed by atoms with E-state index in [4.69, 9.17) is 22.0 Å². The summed E-state index contributed by atoms with van der Waals surface area (Å²) < 4.78 is 27.1. The van der Waals surface area contributed by atoms with Gasteiger partial charge in [0.05, 0.1) is 12.2 Å². The largest absolute Gasteiger partial charge is 0.392 e. The molecule has 108 valence electrons. The maximum absolute atomic E-state index is 12.3. The van der Waals surface area contributed by atoms with Crippen molar-refractivity contribution in [3.05, 3.63) is 58.6 Å². The van der Waals surface area contributed by atoms with Crippen LogP contribution in [0.3, 0.4) is 0 Å². The van der Waals surface area contributed by atoms with E-state index in [1.165, 1.54) is 24.3 Å². The van der Waals surface area contributed by atoms with Crippen LogP contribution in [-0.4, -0.2) is 13.5 Å². The molecule has 0 amide bonds. The van der Waals surface area contributed by atoms with E-state index in [2.05, 4.69) is 4.72 Å². The fourth-order valence-corrected chi connectivity index (χ4v) is 3.22. The van der Waals surface area contributed by atoms with E-state index >= 15 is 0 Å². The summed E-state index contributed by atoms with van der Waals surface area (Å²) >= 11 is 5.80. The zero-order valence-electron chi connectivity index (χ0n) is 10.7. The minimum absolute atomic E-state index is 0.00483. The Labute approximate surface area is 127 Å². The molecule has 0 unspecified atom stereocenters. The summed E-state index contributed by atoms with van der Waals surface area (Å²) in [6.45, 7) is -0.198. The Bertz CT molecular complexity index is 813. The Morgan fingerprint density at radius 3 is 2.67 bits per heavy atom. The average Bonchev–Trinajstić information content (AvgIpc) is 2.47. The zero-order chi connectivity index (χ0) is 15.5. The first-order valence-electron chi connectivity index (χ1n) is 5.88. The molecule has 0 saturated heterocycles. The van der Waals surface area contributed by atoms with Gasteiger partial charge in [-0.3, -0.25) is 4.72 Å². The number of sulfonamides is 1. The monoisotopic (exact) mass is 322 g/mol. The van der Waals surface area contributed by atoms with Gasteiger partial charge in [0, 0.05) is 10.7 Å². The molecule has 0 heterocycles. The molecule has 5 nitrogen and oxygen atoms in total. The number of nitrogens with zero attached hydrogens (tertiary/aromatic N) is 1. The summed E-state index contributed by atoms with van der Waals surface area (Å²) in [5.41, 5.74) is 0.873. The van der Waals surface area contributed by atoms with Gasteiger partial charge >= 0.3 is 0 Å². The molecule has 2 aromatic rings. The van der Waals surface area contributed by atoms with Crippen LogP contribution in [0, 0.1) is 11.3 Å². The lowest BCUT2D eigenvalue weighted by atomic mass is 10.2. The Balaban J connectivity index is 2.43. The van der Waals surface area contributed by atoms with E-state index < -0.39 is 10.0 Å². The lowest BCUT2D eigenvalue weighted by molar-refractivity contribution is 0.282. The highest BCUT2D eigenvalue weighted by molar-refractivity contribution is 7.92. The lowest BCUT2D eigenvalue weighted by Crippen LogP contribution is -2.14. The van der Waals surface area contributed by atoms with Gasteiger partial charge in [-0.05, 0) is 35.9 Å². The summed E-state index contributed by atoms with van der Waals surface area (Å²) in [6.07, 6.45) is 0. The molecule has 0 aliphatic carbocycles. The number of rotatable bonds is 4. The molecule has 0 atom stereocenters. The van der Waals surface area contributed by atoms with Gasteiger partial charge < -0.3 is 5.11 Å². The Morgan fingerprint density at radius 1 is 1.24 bits per heavy atom. The summed E-state index contributed by atoms with van der Waals surface area (Å²) in [5.74, 6) is 0. The second kappa shape index (κ2) is 6.14. The molecule has 2 N–H and O–H groups in total. The second-order valence-corrected chi connectivity index (χ2v) is 6.30. The highest BCUT2D eigenvalue weighted by Gasteiger charge is 2.19. The molecule has 0 aromatic heterocycles. The van der Waals surface area contributed by atoms with E-state index in [9.17, 15) is 8.42 Å². The van der Waals surface area contributed by atoms with Crippen molar-refractivity contribution in [2.45, 2.75) is 11.5 Å². The van der Waals surface area contributed by atoms with Gasteiger partial charge in [-0.2, -0.15) is 5.26 Å². The first kappa shape index (κ1) is 15.3. The van der Waals surface area contributed by atoms with Crippen LogP contribution in [-0.2, 0) is 16.6 Å². The predicted octanol–water partition coefficient (Wildman–Crippen LogP) is 2.50. The molecule has 0 radical (unpaired) electrons. The van der Waals surface area contributed by atoms with Crippen molar-refractivity contribution in [1.82, 2.24) is 0 Å². The third-order valence-corrected chi connectivity index (χ3v) is 4.37. The quantitative estimate of drug-likeness (QED) is 0.905. The van der Waals surface area contributed by atoms with Gasteiger partial charge in [-0.1, -0.05) is 23.7 Å². The van der Waals surface area contributed by atoms with Crippen LogP contribution in [0.15, 0.2) is 47.4 Å². The summed E-state index contributed by atoms with van der Waals surface area (Å²) in [6, 6.07) is 12.2. The molecule has 2 rings (SSSR count). The number of aliphatic hydroxyl groups is 1. The molecule has 7 heteroatoms. The van der Waals surface area contributed by atoms with Gasteiger partial charge in [0.15, 0.2) is 0 Å². The Hall–Kier alpha value is -2.07. The predicted molar refractivity (Wildman–Crippen MR) is 79.3 cm³/mol. The fourth-order valence-electron chi connectivity index (χ4n) is 1.75. The van der Waals surface area contributed by atoms with Gasteiger partial charge in [0.1, 0.15) is 11.0 Å². The van der Waals surface area contributed by atoms with E-state index in [0.717, 1.165) is 0 Å². The van der Waals surface area contributed by atoms with Crippen LogP contribution in [0.2, 0.25) is 5.02 Å². The molecular weight excluding hydrogens is 312 g/mol. The topological polar surface area (TPSA) is 90.2 Å². The van der Waals surface area contributed by atoms with Crippen LogP contribution >= 0.6 is 11.6 Å². The molecule has 0 bridgehead atoms. The Kier molecular flexibility index (Phi) is 4.48. The van der Waals surface area contributed by atoms with Gasteiger partial charge in [-0.15, -0.1) is 0 Å². The molecule has 2 aromatic carbocycles. The molecule has 0 aliphatic rings. The number of hydrogen-bond acceptors (Lipinski definition) is 4. The molecule has 0 aliphatic heterocycles. The van der Waals surface area contributed by atoms with Crippen molar-refractivity contribution in [3.8, 4) is 6.07 Å². The van der Waals surface area contributed by atoms with Crippen molar-refractivity contribution in [3.63, 3.8) is 0 Å². The number of halogens is 1. The zero-order valence-corrected chi connectivity index (χ0v) is 12.3. The van der Waals surface area contributed by atoms with Crippen LogP contribution in [0.4, 0.5) is 5.69 Å². The Morgan fingerprint density at radius 2 is 2.00 bits per heavy atom. The van der Waals surface area contributed by atoms with Crippen molar-refractivity contribution in [2.24, 2.45) is 0 Å². The third-order valence-electron chi connectivity index (χ3n) is 2.72. The van der Waals surface area contributed by atoms with Crippen molar-refractivity contribution in [2.75, 3.05) is 4.72 Å². The van der Waals surface area contributed by atoms with E-state index in [1.54, 1.807) is 18.2 Å². The summed E-state index contributed by atoms with van der Waals surface area (Å²) in [4.78, 5) is -0.188. The molecule has 0 saturated carbocycles. The van der Waals surface area contributed by atoms with Gasteiger partial charge in [0.25, 0.3) is 10.0 Å². The summed E-state index contributed by atoms with van der Waals surface area (Å²) in [7, 11) is -3.94. The number of benzene rings is 2. The third kappa shape index (κ3) is 3.52. The van der Waals surface area contributed by atoms with Crippen LogP contribution < -0.4 is 4.72 Å². The number of nitrogens with one attached hydrogen (secondary N) is 1. The van der Waals surface area contributed by atoms with Crippen LogP contribution in [0.1, 0.15) is 11.1 Å². The van der Waals surface area contributed by atoms with Crippen LogP contribution in [0.5, 0.6) is 0 Å². The number of aliphatic hydroxyl groups excluding tert-OH is 1.